The van der Waals surface area contributed by atoms with Gasteiger partial charge in [-0.3, -0.25) is 24.6 Å². The minimum atomic E-state index is -0.988. The summed E-state index contributed by atoms with van der Waals surface area (Å²) in [5.41, 5.74) is 0.972. The van der Waals surface area contributed by atoms with Gasteiger partial charge in [-0.25, -0.2) is 0 Å². The number of carbonyl (C=O) groups excluding carboxylic acids is 3. The Kier molecular flexibility index (Phi) is 11.3. The lowest BCUT2D eigenvalue weighted by Crippen LogP contribution is -2.41. The van der Waals surface area contributed by atoms with Crippen LogP contribution < -0.4 is 16.0 Å². The molecule has 11 nitrogen and oxygen atoms in total. The Balaban J connectivity index is 1.45. The average Bonchev–Trinajstić information content (AvgIpc) is 3.20. The Morgan fingerprint density at radius 3 is 2.36 bits per heavy atom. The molecule has 0 aromatic heterocycles. The summed E-state index contributed by atoms with van der Waals surface area (Å²) in [6.07, 6.45) is 6.59. The summed E-state index contributed by atoms with van der Waals surface area (Å²) in [6, 6.07) is 6.63. The lowest BCUT2D eigenvalue weighted by Gasteiger charge is -2.22. The number of thioether (sulfide) groups is 1. The molecule has 2 aliphatic rings. The second kappa shape index (κ2) is 14.7. The Bertz CT molecular complexity index is 1090. The third-order valence-electron chi connectivity index (χ3n) is 6.95. The summed E-state index contributed by atoms with van der Waals surface area (Å²) in [7, 11) is 1.75. The number of amidine groups is 2. The van der Waals surface area contributed by atoms with E-state index in [1.165, 1.54) is 31.0 Å². The van der Waals surface area contributed by atoms with Crippen molar-refractivity contribution < 1.29 is 24.3 Å². The van der Waals surface area contributed by atoms with Crippen LogP contribution in [-0.4, -0.2) is 82.2 Å². The first-order chi connectivity index (χ1) is 18.7. The third kappa shape index (κ3) is 9.09. The van der Waals surface area contributed by atoms with Crippen LogP contribution in [0.25, 0.3) is 0 Å². The summed E-state index contributed by atoms with van der Waals surface area (Å²) in [4.78, 5) is 54.0. The molecule has 3 amide bonds. The van der Waals surface area contributed by atoms with E-state index in [0.29, 0.717) is 41.7 Å². The maximum absolute atomic E-state index is 12.8. The van der Waals surface area contributed by atoms with Gasteiger partial charge >= 0.3 is 5.97 Å². The number of aliphatic carboxylic acids is 1. The van der Waals surface area contributed by atoms with Crippen molar-refractivity contribution in [3.8, 4) is 0 Å². The molecule has 1 aliphatic carbocycles. The van der Waals surface area contributed by atoms with Crippen LogP contribution in [0.4, 0.5) is 0 Å². The van der Waals surface area contributed by atoms with Gasteiger partial charge in [0.1, 0.15) is 11.1 Å². The van der Waals surface area contributed by atoms with Crippen LogP contribution in [0.5, 0.6) is 0 Å². The molecule has 1 saturated heterocycles. The molecule has 5 N–H and O–H groups in total. The van der Waals surface area contributed by atoms with Gasteiger partial charge in [0, 0.05) is 49.8 Å². The van der Waals surface area contributed by atoms with Crippen LogP contribution in [-0.2, 0) is 14.4 Å². The number of nitrogens with zero attached hydrogens (tertiary/aromatic N) is 2. The smallest absolute Gasteiger partial charge is 0.305 e. The summed E-state index contributed by atoms with van der Waals surface area (Å²) in [5, 5.41) is 25.6. The van der Waals surface area contributed by atoms with Crippen molar-refractivity contribution >= 4 is 46.5 Å². The molecule has 39 heavy (non-hydrogen) atoms. The fraction of sp³-hybridized carbons (Fsp3) is 0.556. The van der Waals surface area contributed by atoms with E-state index in [-0.39, 0.29) is 36.7 Å². The predicted octanol–water partition coefficient (Wildman–Crippen LogP) is 2.35. The molecule has 1 aromatic carbocycles. The number of carboxylic acid groups (broad SMARTS) is 1. The average molecular weight is 559 g/mol. The first-order valence-corrected chi connectivity index (χ1v) is 14.3. The Labute approximate surface area is 233 Å². The molecule has 1 aliphatic heterocycles. The number of nitrogens with one attached hydrogen (secondary N) is 4. The highest BCUT2D eigenvalue weighted by atomic mass is 32.2. The number of carboxylic acids is 1. The van der Waals surface area contributed by atoms with E-state index in [1.807, 2.05) is 6.92 Å². The van der Waals surface area contributed by atoms with Crippen LogP contribution in [0, 0.1) is 5.41 Å². The molecule has 1 saturated carbocycles. The van der Waals surface area contributed by atoms with E-state index in [9.17, 15) is 19.2 Å². The van der Waals surface area contributed by atoms with Crippen LogP contribution in [0.15, 0.2) is 29.3 Å². The second-order valence-electron chi connectivity index (χ2n) is 9.91. The summed E-state index contributed by atoms with van der Waals surface area (Å²) >= 11 is 1.17. The summed E-state index contributed by atoms with van der Waals surface area (Å²) in [5.74, 6) is -1.47. The molecular weight excluding hydrogens is 520 g/mol. The van der Waals surface area contributed by atoms with E-state index in [1.54, 1.807) is 36.2 Å². The van der Waals surface area contributed by atoms with E-state index in [2.05, 4.69) is 20.9 Å². The van der Waals surface area contributed by atoms with Gasteiger partial charge in [-0.1, -0.05) is 43.2 Å². The predicted molar refractivity (Wildman–Crippen MR) is 151 cm³/mol. The molecule has 0 radical (unpaired) electrons. The largest absolute Gasteiger partial charge is 0.481 e. The first-order valence-electron chi connectivity index (χ1n) is 13.4. The zero-order valence-electron chi connectivity index (χ0n) is 22.5. The van der Waals surface area contributed by atoms with Gasteiger partial charge in [0.15, 0.2) is 5.17 Å². The standard InChI is InChI=1S/C27H38N6O5S/c1-17-23(26(38)30-16-14-22(35)36)39-27(33(17)2)32-25(37)19-12-10-18(11-13-19)24(28)29-15-6-9-21(34)31-20-7-4-3-5-8-20/h10-13,17,20,23H,3-9,14-16H2,1-2H3,(H2,28,29)(H,30,38)(H,31,34)(H,35,36). The molecule has 1 heterocycles. The zero-order chi connectivity index (χ0) is 28.4. The van der Waals surface area contributed by atoms with Crippen LogP contribution in [0.2, 0.25) is 0 Å². The number of carbonyl (C=O) groups is 4. The maximum Gasteiger partial charge on any atom is 0.305 e. The van der Waals surface area contributed by atoms with Crippen LogP contribution in [0.1, 0.15) is 74.2 Å². The monoisotopic (exact) mass is 558 g/mol. The molecule has 0 bridgehead atoms. The van der Waals surface area contributed by atoms with Gasteiger partial charge in [0.25, 0.3) is 5.91 Å². The van der Waals surface area contributed by atoms with E-state index < -0.39 is 17.1 Å². The minimum Gasteiger partial charge on any atom is -0.481 e. The van der Waals surface area contributed by atoms with Gasteiger partial charge in [0.2, 0.25) is 11.8 Å². The molecule has 12 heteroatoms. The van der Waals surface area contributed by atoms with Gasteiger partial charge < -0.3 is 26.0 Å². The maximum atomic E-state index is 12.8. The van der Waals surface area contributed by atoms with Crippen LogP contribution >= 0.6 is 11.8 Å². The van der Waals surface area contributed by atoms with E-state index >= 15 is 0 Å². The normalized spacial score (nSPS) is 20.5. The molecule has 2 fully saturated rings. The van der Waals surface area contributed by atoms with Crippen molar-refractivity contribution in [2.24, 2.45) is 4.99 Å². The highest BCUT2D eigenvalue weighted by molar-refractivity contribution is 8.15. The number of benzene rings is 1. The minimum absolute atomic E-state index is 0.0407. The quantitative estimate of drug-likeness (QED) is 0.157. The lowest BCUT2D eigenvalue weighted by atomic mass is 9.95. The third-order valence-corrected chi connectivity index (χ3v) is 8.40. The fourth-order valence-electron chi connectivity index (χ4n) is 4.49. The molecule has 2 atom stereocenters. The van der Waals surface area contributed by atoms with Gasteiger partial charge in [-0.2, -0.15) is 4.99 Å². The van der Waals surface area contributed by atoms with Crippen LogP contribution in [0.3, 0.4) is 0 Å². The molecule has 1 aromatic rings. The molecule has 3 rings (SSSR count). The lowest BCUT2D eigenvalue weighted by molar-refractivity contribution is -0.137. The van der Waals surface area contributed by atoms with Gasteiger partial charge in [0.05, 0.1) is 6.42 Å². The number of aliphatic imine (C=N–C) groups is 1. The number of amides is 3. The van der Waals surface area contributed by atoms with Crippen molar-refractivity contribution in [3.05, 3.63) is 35.4 Å². The first kappa shape index (κ1) is 30.1. The second-order valence-corrected chi connectivity index (χ2v) is 11.0. The zero-order valence-corrected chi connectivity index (χ0v) is 23.3. The Morgan fingerprint density at radius 1 is 1.03 bits per heavy atom. The summed E-state index contributed by atoms with van der Waals surface area (Å²) in [6.45, 7) is 2.38. The Morgan fingerprint density at radius 2 is 1.69 bits per heavy atom. The Hall–Kier alpha value is -3.41. The molecule has 0 spiro atoms. The van der Waals surface area contributed by atoms with Gasteiger partial charge in [-0.05, 0) is 38.3 Å². The van der Waals surface area contributed by atoms with E-state index in [0.717, 1.165) is 12.8 Å². The fourth-order valence-corrected chi connectivity index (χ4v) is 5.75. The number of rotatable bonds is 11. The van der Waals surface area contributed by atoms with Gasteiger partial charge in [-0.15, -0.1) is 0 Å². The highest BCUT2D eigenvalue weighted by Crippen LogP contribution is 2.31. The van der Waals surface area contributed by atoms with Crippen molar-refractivity contribution in [1.82, 2.24) is 20.9 Å². The SMILES string of the molecule is CC1C(C(=O)NCCC(=O)O)SC(=NC(=O)c2ccc(C(=N)NCCCC(=O)NC3CCCCC3)cc2)N1C. The number of hydrogen-bond acceptors (Lipinski definition) is 6. The number of hydrogen-bond donors (Lipinski definition) is 5. The van der Waals surface area contributed by atoms with Crippen molar-refractivity contribution in [3.63, 3.8) is 0 Å². The van der Waals surface area contributed by atoms with Crippen molar-refractivity contribution in [2.75, 3.05) is 20.1 Å². The van der Waals surface area contributed by atoms with Crippen molar-refractivity contribution in [1.29, 1.82) is 5.41 Å². The van der Waals surface area contributed by atoms with Crippen molar-refractivity contribution in [2.45, 2.75) is 75.6 Å². The topological polar surface area (TPSA) is 164 Å². The molecule has 212 valence electrons. The highest BCUT2D eigenvalue weighted by Gasteiger charge is 2.39. The summed E-state index contributed by atoms with van der Waals surface area (Å²) < 4.78 is 0. The van der Waals surface area contributed by atoms with E-state index in [4.69, 9.17) is 10.5 Å². The molecule has 2 unspecified atom stereocenters. The molecular formula is C27H38N6O5S.